The molecule has 2 aliphatic carbocycles. The summed E-state index contributed by atoms with van der Waals surface area (Å²) in [5, 5.41) is 6.73. The van der Waals surface area contributed by atoms with Crippen LogP contribution in [0.1, 0.15) is 32.1 Å². The Hall–Kier alpha value is -1.51. The summed E-state index contributed by atoms with van der Waals surface area (Å²) < 4.78 is 37.8. The average Bonchev–Trinajstić information content (AvgIpc) is 3.28. The lowest BCUT2D eigenvalue weighted by Gasteiger charge is -2.27. The number of carbonyl (C=O) groups is 1. The molecular weight excluding hydrogens is 359 g/mol. The van der Waals surface area contributed by atoms with Gasteiger partial charge in [0.25, 0.3) is 0 Å². The lowest BCUT2D eigenvalue weighted by Crippen LogP contribution is -2.50. The maximum absolute atomic E-state index is 12.6. The van der Waals surface area contributed by atoms with Crippen molar-refractivity contribution in [2.24, 2.45) is 16.8 Å². The fourth-order valence-electron chi connectivity index (χ4n) is 4.56. The summed E-state index contributed by atoms with van der Waals surface area (Å²) in [7, 11) is 3.36. The first kappa shape index (κ1) is 20.2. The highest BCUT2D eigenvalue weighted by Gasteiger charge is 2.40. The molecule has 27 heavy (non-hydrogen) atoms. The molecule has 4 atom stereocenters. The second-order valence-electron chi connectivity index (χ2n) is 8.36. The third-order valence-electron chi connectivity index (χ3n) is 5.95. The van der Waals surface area contributed by atoms with Crippen LogP contribution in [-0.4, -0.2) is 80.2 Å². The molecule has 1 amide bonds. The van der Waals surface area contributed by atoms with Crippen LogP contribution < -0.4 is 10.6 Å². The number of aliphatic imine (C=N–C) groups is 1. The van der Waals surface area contributed by atoms with Crippen LogP contribution in [0.2, 0.25) is 0 Å². The minimum Gasteiger partial charge on any atom is -0.353 e. The third-order valence-corrected chi connectivity index (χ3v) is 5.95. The van der Waals surface area contributed by atoms with Gasteiger partial charge in [0.15, 0.2) is 5.96 Å². The molecule has 0 aromatic rings. The van der Waals surface area contributed by atoms with Crippen LogP contribution in [0.3, 0.4) is 0 Å². The molecule has 4 unspecified atom stereocenters. The van der Waals surface area contributed by atoms with Crippen molar-refractivity contribution < 1.29 is 18.0 Å². The Morgan fingerprint density at radius 1 is 1.19 bits per heavy atom. The number of carbonyl (C=O) groups excluding carboxylic acids is 1. The molecule has 154 valence electrons. The summed E-state index contributed by atoms with van der Waals surface area (Å²) in [6.07, 6.45) is 1.31. The molecule has 1 heterocycles. The second kappa shape index (κ2) is 8.24. The summed E-state index contributed by atoms with van der Waals surface area (Å²) in [6.45, 7) is -0.105. The number of amides is 1. The summed E-state index contributed by atoms with van der Waals surface area (Å²) in [5.41, 5.74) is 0. The van der Waals surface area contributed by atoms with Crippen LogP contribution in [0.5, 0.6) is 0 Å². The van der Waals surface area contributed by atoms with E-state index in [1.165, 1.54) is 29.1 Å². The van der Waals surface area contributed by atoms with Crippen molar-refractivity contribution in [1.82, 2.24) is 20.4 Å². The molecule has 2 saturated carbocycles. The van der Waals surface area contributed by atoms with Gasteiger partial charge in [0.2, 0.25) is 5.91 Å². The maximum Gasteiger partial charge on any atom is 0.401 e. The molecule has 1 aliphatic heterocycles. The van der Waals surface area contributed by atoms with E-state index in [0.29, 0.717) is 37.4 Å². The Morgan fingerprint density at radius 3 is 2.56 bits per heavy atom. The van der Waals surface area contributed by atoms with Crippen LogP contribution in [0.4, 0.5) is 13.2 Å². The lowest BCUT2D eigenvalue weighted by atomic mass is 9.95. The highest BCUT2D eigenvalue weighted by atomic mass is 19.4. The molecule has 3 rings (SSSR count). The van der Waals surface area contributed by atoms with Gasteiger partial charge in [0.1, 0.15) is 6.54 Å². The van der Waals surface area contributed by atoms with Gasteiger partial charge in [-0.05, 0) is 37.5 Å². The van der Waals surface area contributed by atoms with Crippen LogP contribution in [0.15, 0.2) is 4.99 Å². The van der Waals surface area contributed by atoms with Gasteiger partial charge >= 0.3 is 6.18 Å². The number of hydrogen-bond acceptors (Lipinski definition) is 3. The number of nitrogens with zero attached hydrogens (tertiary/aromatic N) is 3. The zero-order chi connectivity index (χ0) is 19.6. The van der Waals surface area contributed by atoms with Gasteiger partial charge < -0.3 is 15.5 Å². The molecule has 9 heteroatoms. The molecule has 3 fully saturated rings. The quantitative estimate of drug-likeness (QED) is 0.552. The molecule has 2 N–H and O–H groups in total. The van der Waals surface area contributed by atoms with Crippen LogP contribution in [0.25, 0.3) is 0 Å². The monoisotopic (exact) mass is 389 g/mol. The van der Waals surface area contributed by atoms with Gasteiger partial charge in [0.05, 0.1) is 6.54 Å². The molecule has 1 saturated heterocycles. The van der Waals surface area contributed by atoms with E-state index in [2.05, 4.69) is 15.6 Å². The fraction of sp³-hybridized carbons (Fsp3) is 0.889. The number of likely N-dealkylation sites (tertiary alicyclic amines) is 1. The topological polar surface area (TPSA) is 60.0 Å². The molecule has 0 aromatic carbocycles. The fourth-order valence-corrected chi connectivity index (χ4v) is 4.56. The number of rotatable bonds is 5. The Labute approximate surface area is 158 Å². The van der Waals surface area contributed by atoms with Gasteiger partial charge in [-0.15, -0.1) is 0 Å². The van der Waals surface area contributed by atoms with Crippen LogP contribution >= 0.6 is 0 Å². The van der Waals surface area contributed by atoms with Gasteiger partial charge in [0, 0.05) is 39.3 Å². The normalized spacial score (nSPS) is 31.4. The molecule has 0 radical (unpaired) electrons. The van der Waals surface area contributed by atoms with Gasteiger partial charge in [-0.2, -0.15) is 13.2 Å². The van der Waals surface area contributed by atoms with E-state index in [1.807, 2.05) is 0 Å². The first-order chi connectivity index (χ1) is 12.7. The van der Waals surface area contributed by atoms with Crippen molar-refractivity contribution in [3.63, 3.8) is 0 Å². The number of hydrogen-bond donors (Lipinski definition) is 2. The van der Waals surface area contributed by atoms with E-state index in [-0.39, 0.29) is 18.5 Å². The summed E-state index contributed by atoms with van der Waals surface area (Å²) in [4.78, 5) is 19.2. The third kappa shape index (κ3) is 5.73. The van der Waals surface area contributed by atoms with Crippen LogP contribution in [0, 0.1) is 11.8 Å². The molecule has 2 bridgehead atoms. The van der Waals surface area contributed by atoms with E-state index in [4.69, 9.17) is 0 Å². The highest BCUT2D eigenvalue weighted by molar-refractivity contribution is 5.85. The van der Waals surface area contributed by atoms with Crippen molar-refractivity contribution >= 4 is 11.9 Å². The first-order valence-corrected chi connectivity index (χ1v) is 9.76. The van der Waals surface area contributed by atoms with Gasteiger partial charge in [-0.3, -0.25) is 9.69 Å². The predicted molar refractivity (Wildman–Crippen MR) is 97.4 cm³/mol. The summed E-state index contributed by atoms with van der Waals surface area (Å²) in [5.74, 6) is 1.86. The van der Waals surface area contributed by atoms with Crippen molar-refractivity contribution in [3.05, 3.63) is 0 Å². The van der Waals surface area contributed by atoms with E-state index in [1.54, 1.807) is 14.1 Å². The standard InChI is InChI=1S/C18H30F3N5O/c1-25(2)16(27)9-22-17(24-15-8-12-3-4-13(15)7-12)23-14-5-6-26(10-14)11-18(19,20)21/h12-15H,3-11H2,1-2H3,(H2,22,23,24). The van der Waals surface area contributed by atoms with Crippen LogP contribution in [-0.2, 0) is 4.79 Å². The number of likely N-dealkylation sites (N-methyl/N-ethyl adjacent to an activating group) is 1. The predicted octanol–water partition coefficient (Wildman–Crippen LogP) is 1.43. The van der Waals surface area contributed by atoms with Gasteiger partial charge in [-0.1, -0.05) is 6.42 Å². The van der Waals surface area contributed by atoms with E-state index >= 15 is 0 Å². The molecule has 0 aromatic heterocycles. The van der Waals surface area contributed by atoms with Crippen molar-refractivity contribution in [2.45, 2.75) is 50.4 Å². The Kier molecular flexibility index (Phi) is 6.18. The average molecular weight is 389 g/mol. The lowest BCUT2D eigenvalue weighted by molar-refractivity contribution is -0.143. The van der Waals surface area contributed by atoms with E-state index < -0.39 is 12.7 Å². The minimum atomic E-state index is -4.18. The molecule has 0 spiro atoms. The van der Waals surface area contributed by atoms with E-state index in [9.17, 15) is 18.0 Å². The summed E-state index contributed by atoms with van der Waals surface area (Å²) in [6, 6.07) is 0.254. The summed E-state index contributed by atoms with van der Waals surface area (Å²) >= 11 is 0. The van der Waals surface area contributed by atoms with Crippen molar-refractivity contribution in [1.29, 1.82) is 0 Å². The highest BCUT2D eigenvalue weighted by Crippen LogP contribution is 2.44. The molecule has 3 aliphatic rings. The SMILES string of the molecule is CN(C)C(=O)CN=C(NC1CCN(CC(F)(F)F)C1)NC1CC2CCC1C2. The largest absolute Gasteiger partial charge is 0.401 e. The van der Waals surface area contributed by atoms with E-state index in [0.717, 1.165) is 12.3 Å². The van der Waals surface area contributed by atoms with Crippen molar-refractivity contribution in [3.8, 4) is 0 Å². The van der Waals surface area contributed by atoms with Crippen molar-refractivity contribution in [2.75, 3.05) is 40.3 Å². The Bertz CT molecular complexity index is 566. The minimum absolute atomic E-state index is 0.0299. The Morgan fingerprint density at radius 2 is 1.96 bits per heavy atom. The molecule has 6 nitrogen and oxygen atoms in total. The zero-order valence-corrected chi connectivity index (χ0v) is 16.1. The second-order valence-corrected chi connectivity index (χ2v) is 8.36. The number of nitrogens with one attached hydrogen (secondary N) is 2. The number of guanidine groups is 1. The smallest absolute Gasteiger partial charge is 0.353 e. The first-order valence-electron chi connectivity index (χ1n) is 9.76. The zero-order valence-electron chi connectivity index (χ0n) is 16.1. The van der Waals surface area contributed by atoms with Gasteiger partial charge in [-0.25, -0.2) is 4.99 Å². The Balaban J connectivity index is 1.58. The number of halogens is 3. The maximum atomic E-state index is 12.6. The number of alkyl halides is 3. The number of fused-ring (bicyclic) bond motifs is 2. The molecular formula is C18H30F3N5O.